The van der Waals surface area contributed by atoms with E-state index in [4.69, 9.17) is 4.74 Å². The zero-order chi connectivity index (χ0) is 24.7. The molecule has 0 aliphatic carbocycles. The number of rotatable bonds is 4. The number of benzene rings is 1. The van der Waals surface area contributed by atoms with Gasteiger partial charge in [0.1, 0.15) is 17.7 Å². The Morgan fingerprint density at radius 1 is 1.18 bits per heavy atom. The van der Waals surface area contributed by atoms with Crippen molar-refractivity contribution in [2.75, 3.05) is 24.5 Å². The molecule has 1 aliphatic rings. The second kappa shape index (κ2) is 9.18. The first-order valence-electron chi connectivity index (χ1n) is 11.0. The number of carbonyl (C=O) groups excluding carboxylic acids is 1. The molecule has 3 heterocycles. The Morgan fingerprint density at radius 2 is 1.88 bits per heavy atom. The average Bonchev–Trinajstić information content (AvgIpc) is 3.11. The Hall–Kier alpha value is -2.66. The Morgan fingerprint density at radius 3 is 2.53 bits per heavy atom. The van der Waals surface area contributed by atoms with Crippen LogP contribution in [0.2, 0.25) is 0 Å². The molecule has 2 aromatic heterocycles. The van der Waals surface area contributed by atoms with E-state index in [0.717, 1.165) is 0 Å². The maximum absolute atomic E-state index is 13.2. The highest BCUT2D eigenvalue weighted by molar-refractivity contribution is 9.10. The van der Waals surface area contributed by atoms with Gasteiger partial charge in [-0.25, -0.2) is 27.2 Å². The number of hydrogen-bond donors (Lipinski definition) is 0. The van der Waals surface area contributed by atoms with Gasteiger partial charge in [0, 0.05) is 36.3 Å². The summed E-state index contributed by atoms with van der Waals surface area (Å²) in [6.07, 6.45) is 2.57. The topological polar surface area (TPSA) is 97.6 Å². The predicted molar refractivity (Wildman–Crippen MR) is 134 cm³/mol. The number of nitrogens with zero attached hydrogens (tertiary/aromatic N) is 5. The van der Waals surface area contributed by atoms with Crippen molar-refractivity contribution in [3.05, 3.63) is 52.9 Å². The van der Waals surface area contributed by atoms with Crippen LogP contribution in [0.3, 0.4) is 0 Å². The SMILES string of the molecule is C[C@H]1CN(C(=O)OC(C)(C)C)CCN1c1ncnc2c1c(Br)cn2S(=O)(=O)Cc1ccccc1. The van der Waals surface area contributed by atoms with Gasteiger partial charge in [-0.2, -0.15) is 0 Å². The van der Waals surface area contributed by atoms with Gasteiger partial charge in [-0.15, -0.1) is 0 Å². The molecule has 0 spiro atoms. The van der Waals surface area contributed by atoms with E-state index in [9.17, 15) is 13.2 Å². The largest absolute Gasteiger partial charge is 0.444 e. The fourth-order valence-electron chi connectivity index (χ4n) is 4.03. The third-order valence-electron chi connectivity index (χ3n) is 5.53. The summed E-state index contributed by atoms with van der Waals surface area (Å²) < 4.78 is 33.8. The van der Waals surface area contributed by atoms with E-state index in [1.165, 1.54) is 16.5 Å². The molecule has 182 valence electrons. The normalized spacial score (nSPS) is 17.3. The van der Waals surface area contributed by atoms with Crippen LogP contribution in [0, 0.1) is 0 Å². The number of ether oxygens (including phenoxy) is 1. The fraction of sp³-hybridized carbons (Fsp3) is 0.435. The first kappa shape index (κ1) is 24.5. The molecule has 11 heteroatoms. The summed E-state index contributed by atoms with van der Waals surface area (Å²) in [5.74, 6) is 0.482. The lowest BCUT2D eigenvalue weighted by Crippen LogP contribution is -2.54. The van der Waals surface area contributed by atoms with E-state index in [1.54, 1.807) is 17.0 Å². The van der Waals surface area contributed by atoms with Crippen LogP contribution >= 0.6 is 15.9 Å². The summed E-state index contributed by atoms with van der Waals surface area (Å²) >= 11 is 3.52. The van der Waals surface area contributed by atoms with Gasteiger partial charge in [-0.1, -0.05) is 30.3 Å². The molecule has 4 rings (SSSR count). The van der Waals surface area contributed by atoms with Gasteiger partial charge >= 0.3 is 6.09 Å². The number of halogens is 1. The van der Waals surface area contributed by atoms with Crippen molar-refractivity contribution >= 4 is 48.9 Å². The lowest BCUT2D eigenvalue weighted by Gasteiger charge is -2.41. The van der Waals surface area contributed by atoms with Crippen LogP contribution in [0.25, 0.3) is 11.0 Å². The number of hydrogen-bond acceptors (Lipinski definition) is 7. The van der Waals surface area contributed by atoms with Crippen molar-refractivity contribution in [3.8, 4) is 0 Å². The van der Waals surface area contributed by atoms with Gasteiger partial charge in [-0.05, 0) is 49.2 Å². The third-order valence-corrected chi connectivity index (χ3v) is 7.71. The molecule has 1 atom stereocenters. The summed E-state index contributed by atoms with van der Waals surface area (Å²) in [5.41, 5.74) is 0.450. The standard InChI is InChI=1S/C23H28BrN5O4S/c1-16-12-27(22(30)33-23(2,3)4)10-11-28(16)20-19-18(24)13-29(21(19)26-15-25-20)34(31,32)14-17-8-6-5-7-9-17/h5-9,13,15-16H,10-12,14H2,1-4H3/t16-/m0/s1. The molecule has 34 heavy (non-hydrogen) atoms. The molecular formula is C23H28BrN5O4S. The fourth-order valence-corrected chi connectivity index (χ4v) is 6.14. The number of aromatic nitrogens is 3. The van der Waals surface area contributed by atoms with Crippen LogP contribution in [0.5, 0.6) is 0 Å². The Kier molecular flexibility index (Phi) is 6.61. The van der Waals surface area contributed by atoms with E-state index in [-0.39, 0.29) is 17.9 Å². The number of fused-ring (bicyclic) bond motifs is 1. The average molecular weight is 550 g/mol. The third kappa shape index (κ3) is 5.05. The van der Waals surface area contributed by atoms with Crippen LogP contribution in [0.1, 0.15) is 33.3 Å². The molecule has 1 aromatic carbocycles. The first-order valence-corrected chi connectivity index (χ1v) is 13.4. The van der Waals surface area contributed by atoms with Crippen LogP contribution in [0.15, 0.2) is 47.3 Å². The van der Waals surface area contributed by atoms with E-state index < -0.39 is 15.6 Å². The lowest BCUT2D eigenvalue weighted by atomic mass is 10.1. The monoisotopic (exact) mass is 549 g/mol. The Bertz CT molecular complexity index is 1300. The minimum Gasteiger partial charge on any atom is -0.444 e. The number of carbonyl (C=O) groups is 1. The van der Waals surface area contributed by atoms with Crippen LogP contribution in [-0.2, 0) is 20.5 Å². The van der Waals surface area contributed by atoms with Crippen LogP contribution in [0.4, 0.5) is 10.6 Å². The maximum atomic E-state index is 13.2. The van der Waals surface area contributed by atoms with Crippen molar-refractivity contribution in [1.29, 1.82) is 0 Å². The van der Waals surface area contributed by atoms with Crippen LogP contribution in [-0.4, -0.2) is 64.6 Å². The van der Waals surface area contributed by atoms with Crippen molar-refractivity contribution in [2.45, 2.75) is 45.1 Å². The van der Waals surface area contributed by atoms with Crippen molar-refractivity contribution in [3.63, 3.8) is 0 Å². The van der Waals surface area contributed by atoms with Gasteiger partial charge in [0.2, 0.25) is 10.0 Å². The zero-order valence-electron chi connectivity index (χ0n) is 19.6. The van der Waals surface area contributed by atoms with Crippen molar-refractivity contribution < 1.29 is 17.9 Å². The lowest BCUT2D eigenvalue weighted by molar-refractivity contribution is 0.0218. The summed E-state index contributed by atoms with van der Waals surface area (Å²) in [6, 6.07) is 8.98. The number of amides is 1. The molecule has 1 aliphatic heterocycles. The molecule has 0 radical (unpaired) electrons. The maximum Gasteiger partial charge on any atom is 0.410 e. The number of anilines is 1. The zero-order valence-corrected chi connectivity index (χ0v) is 22.0. The summed E-state index contributed by atoms with van der Waals surface area (Å²) in [4.78, 5) is 25.1. The second-order valence-corrected chi connectivity index (χ2v) is 12.1. The molecule has 1 fully saturated rings. The Labute approximate surface area is 207 Å². The highest BCUT2D eigenvalue weighted by Gasteiger charge is 2.32. The molecule has 1 amide bonds. The van der Waals surface area contributed by atoms with Crippen molar-refractivity contribution in [1.82, 2.24) is 18.8 Å². The highest BCUT2D eigenvalue weighted by Crippen LogP contribution is 2.35. The van der Waals surface area contributed by atoms with Gasteiger partial charge in [0.05, 0.1) is 11.1 Å². The second-order valence-electron chi connectivity index (χ2n) is 9.38. The molecule has 0 N–H and O–H groups in total. The summed E-state index contributed by atoms with van der Waals surface area (Å²) in [6.45, 7) is 8.99. The predicted octanol–water partition coefficient (Wildman–Crippen LogP) is 4.02. The van der Waals surface area contributed by atoms with Gasteiger partial charge in [0.15, 0.2) is 5.65 Å². The van der Waals surface area contributed by atoms with Gasteiger partial charge < -0.3 is 14.5 Å². The first-order chi connectivity index (χ1) is 16.0. The van der Waals surface area contributed by atoms with E-state index >= 15 is 0 Å². The number of piperazine rings is 1. The molecule has 3 aromatic rings. The smallest absolute Gasteiger partial charge is 0.410 e. The summed E-state index contributed by atoms with van der Waals surface area (Å²) in [5, 5.41) is 0.622. The van der Waals surface area contributed by atoms with Crippen molar-refractivity contribution in [2.24, 2.45) is 0 Å². The molecule has 9 nitrogen and oxygen atoms in total. The van der Waals surface area contributed by atoms with Gasteiger partial charge in [-0.3, -0.25) is 0 Å². The minimum absolute atomic E-state index is 0.0597. The Balaban J connectivity index is 1.63. The van der Waals surface area contributed by atoms with Gasteiger partial charge in [0.25, 0.3) is 0 Å². The quantitative estimate of drug-likeness (QED) is 0.484. The van der Waals surface area contributed by atoms with Crippen LogP contribution < -0.4 is 4.90 Å². The minimum atomic E-state index is -3.71. The molecular weight excluding hydrogens is 522 g/mol. The van der Waals surface area contributed by atoms with E-state index in [1.807, 2.05) is 45.9 Å². The molecule has 0 unspecified atom stereocenters. The highest BCUT2D eigenvalue weighted by atomic mass is 79.9. The van der Waals surface area contributed by atoms with E-state index in [2.05, 4.69) is 30.8 Å². The molecule has 0 bridgehead atoms. The summed E-state index contributed by atoms with van der Waals surface area (Å²) in [7, 11) is -3.71. The van der Waals surface area contributed by atoms with E-state index in [0.29, 0.717) is 46.5 Å². The molecule has 0 saturated carbocycles. The molecule has 1 saturated heterocycles.